The summed E-state index contributed by atoms with van der Waals surface area (Å²) in [4.78, 5) is 11.2. The van der Waals surface area contributed by atoms with Crippen LogP contribution in [0.3, 0.4) is 0 Å². The summed E-state index contributed by atoms with van der Waals surface area (Å²) in [7, 11) is 1.55. The van der Waals surface area contributed by atoms with Crippen LogP contribution in [0.25, 0.3) is 0 Å². The molecule has 0 saturated heterocycles. The summed E-state index contributed by atoms with van der Waals surface area (Å²) in [6, 6.07) is 0. The van der Waals surface area contributed by atoms with Gasteiger partial charge in [0.15, 0.2) is 0 Å². The molecule has 0 heterocycles. The van der Waals surface area contributed by atoms with Gasteiger partial charge in [0.2, 0.25) is 0 Å². The second kappa shape index (κ2) is 5.11. The molecule has 0 rings (SSSR count). The van der Waals surface area contributed by atoms with E-state index in [1.807, 2.05) is 6.92 Å². The van der Waals surface area contributed by atoms with E-state index in [0.29, 0.717) is 13.0 Å². The minimum atomic E-state index is -0.867. The van der Waals surface area contributed by atoms with Gasteiger partial charge in [0.1, 0.15) is 12.1 Å². The molecule has 0 aliphatic carbocycles. The number of hydrogen-bond donors (Lipinski definition) is 1. The Morgan fingerprint density at radius 3 is 2.50 bits per heavy atom. The molecule has 0 amide bonds. The lowest BCUT2D eigenvalue weighted by molar-refractivity contribution is -0.150. The second-order valence-electron chi connectivity index (χ2n) is 2.90. The molecule has 0 aromatic rings. The molecule has 0 aromatic heterocycles. The summed E-state index contributed by atoms with van der Waals surface area (Å²) < 4.78 is 9.57. The Labute approximate surface area is 73.0 Å². The number of methoxy groups -OCH3 is 1. The molecule has 4 heteroatoms. The molecule has 0 radical (unpaired) electrons. The second-order valence-corrected chi connectivity index (χ2v) is 2.90. The van der Waals surface area contributed by atoms with Gasteiger partial charge in [-0.3, -0.25) is 4.79 Å². The topological polar surface area (TPSA) is 61.6 Å². The van der Waals surface area contributed by atoms with E-state index < -0.39 is 5.54 Å². The normalized spacial score (nSPS) is 15.3. The third kappa shape index (κ3) is 3.69. The highest BCUT2D eigenvalue weighted by atomic mass is 16.6. The van der Waals surface area contributed by atoms with E-state index in [4.69, 9.17) is 15.2 Å². The number of ether oxygens (including phenoxy) is 2. The number of rotatable bonds is 5. The van der Waals surface area contributed by atoms with E-state index in [9.17, 15) is 4.79 Å². The lowest BCUT2D eigenvalue weighted by Gasteiger charge is -2.19. The molecule has 0 aliphatic rings. The number of hydrogen-bond acceptors (Lipinski definition) is 4. The average Bonchev–Trinajstić information content (AvgIpc) is 2.05. The molecule has 0 aliphatic heterocycles. The molecule has 1 atom stereocenters. The molecular weight excluding hydrogens is 158 g/mol. The Bertz CT molecular complexity index is 145. The van der Waals surface area contributed by atoms with Crippen molar-refractivity contribution in [1.29, 1.82) is 0 Å². The van der Waals surface area contributed by atoms with Crippen molar-refractivity contribution in [2.75, 3.05) is 20.3 Å². The van der Waals surface area contributed by atoms with Crippen molar-refractivity contribution < 1.29 is 14.3 Å². The highest BCUT2D eigenvalue weighted by Gasteiger charge is 2.27. The molecule has 4 nitrogen and oxygen atoms in total. The van der Waals surface area contributed by atoms with Gasteiger partial charge in [-0.25, -0.2) is 0 Å². The van der Waals surface area contributed by atoms with Gasteiger partial charge in [0, 0.05) is 7.11 Å². The van der Waals surface area contributed by atoms with Gasteiger partial charge in [0.25, 0.3) is 0 Å². The molecule has 0 fully saturated rings. The SMILES string of the molecule is CCC(C)(N)C(=O)OCCOC. The zero-order valence-corrected chi connectivity index (χ0v) is 7.92. The fourth-order valence-corrected chi connectivity index (χ4v) is 0.527. The van der Waals surface area contributed by atoms with Crippen LogP contribution >= 0.6 is 0 Å². The first-order valence-corrected chi connectivity index (χ1v) is 3.99. The summed E-state index contributed by atoms with van der Waals surface area (Å²) in [5, 5.41) is 0. The predicted molar refractivity (Wildman–Crippen MR) is 45.7 cm³/mol. The van der Waals surface area contributed by atoms with E-state index in [1.165, 1.54) is 0 Å². The maximum atomic E-state index is 11.2. The molecule has 0 aromatic carbocycles. The van der Waals surface area contributed by atoms with Gasteiger partial charge in [-0.15, -0.1) is 0 Å². The fourth-order valence-electron chi connectivity index (χ4n) is 0.527. The fraction of sp³-hybridized carbons (Fsp3) is 0.875. The number of esters is 1. The third-order valence-corrected chi connectivity index (χ3v) is 1.72. The van der Waals surface area contributed by atoms with Crippen molar-refractivity contribution in [3.8, 4) is 0 Å². The summed E-state index contributed by atoms with van der Waals surface area (Å²) >= 11 is 0. The Balaban J connectivity index is 3.72. The predicted octanol–water partition coefficient (Wildman–Crippen LogP) is 0.303. The van der Waals surface area contributed by atoms with E-state index in [1.54, 1.807) is 14.0 Å². The first-order valence-electron chi connectivity index (χ1n) is 3.99. The summed E-state index contributed by atoms with van der Waals surface area (Å²) in [6.45, 7) is 4.17. The van der Waals surface area contributed by atoms with Crippen LogP contribution in [-0.4, -0.2) is 31.8 Å². The minimum absolute atomic E-state index is 0.266. The highest BCUT2D eigenvalue weighted by Crippen LogP contribution is 2.06. The minimum Gasteiger partial charge on any atom is -0.462 e. The zero-order valence-electron chi connectivity index (χ0n) is 7.92. The molecule has 72 valence electrons. The third-order valence-electron chi connectivity index (χ3n) is 1.72. The van der Waals surface area contributed by atoms with E-state index in [0.717, 1.165) is 0 Å². The van der Waals surface area contributed by atoms with Crippen LogP contribution in [0.4, 0.5) is 0 Å². The quantitative estimate of drug-likeness (QED) is 0.482. The number of carbonyl (C=O) groups excluding carboxylic acids is 1. The van der Waals surface area contributed by atoms with Crippen molar-refractivity contribution in [2.45, 2.75) is 25.8 Å². The Hall–Kier alpha value is -0.610. The Kier molecular flexibility index (Phi) is 4.85. The maximum Gasteiger partial charge on any atom is 0.325 e. The molecule has 2 N–H and O–H groups in total. The van der Waals surface area contributed by atoms with Gasteiger partial charge < -0.3 is 15.2 Å². The van der Waals surface area contributed by atoms with Crippen molar-refractivity contribution >= 4 is 5.97 Å². The van der Waals surface area contributed by atoms with E-state index in [2.05, 4.69) is 0 Å². The molecule has 0 bridgehead atoms. The lowest BCUT2D eigenvalue weighted by Crippen LogP contribution is -2.45. The van der Waals surface area contributed by atoms with Crippen LogP contribution < -0.4 is 5.73 Å². The van der Waals surface area contributed by atoms with Gasteiger partial charge in [-0.2, -0.15) is 0 Å². The lowest BCUT2D eigenvalue weighted by atomic mass is 10.0. The van der Waals surface area contributed by atoms with Gasteiger partial charge >= 0.3 is 5.97 Å². The first kappa shape index (κ1) is 11.4. The molecule has 12 heavy (non-hydrogen) atoms. The van der Waals surface area contributed by atoms with Crippen LogP contribution in [0.5, 0.6) is 0 Å². The number of carbonyl (C=O) groups is 1. The van der Waals surface area contributed by atoms with Crippen LogP contribution in [-0.2, 0) is 14.3 Å². The van der Waals surface area contributed by atoms with Crippen molar-refractivity contribution in [3.63, 3.8) is 0 Å². The van der Waals surface area contributed by atoms with Gasteiger partial charge in [-0.1, -0.05) is 6.92 Å². The largest absolute Gasteiger partial charge is 0.462 e. The molecule has 0 spiro atoms. The van der Waals surface area contributed by atoms with Crippen LogP contribution in [0, 0.1) is 0 Å². The summed E-state index contributed by atoms with van der Waals surface area (Å²) in [5.74, 6) is -0.373. The first-order chi connectivity index (χ1) is 5.54. The Morgan fingerprint density at radius 1 is 1.50 bits per heavy atom. The van der Waals surface area contributed by atoms with Crippen LogP contribution in [0.15, 0.2) is 0 Å². The van der Waals surface area contributed by atoms with Crippen molar-refractivity contribution in [2.24, 2.45) is 5.73 Å². The summed E-state index contributed by atoms with van der Waals surface area (Å²) in [6.07, 6.45) is 0.568. The van der Waals surface area contributed by atoms with Gasteiger partial charge in [0.05, 0.1) is 6.61 Å². The maximum absolute atomic E-state index is 11.2. The zero-order chi connectivity index (χ0) is 9.61. The monoisotopic (exact) mass is 175 g/mol. The number of nitrogens with two attached hydrogens (primary N) is 1. The Morgan fingerprint density at radius 2 is 2.08 bits per heavy atom. The average molecular weight is 175 g/mol. The highest BCUT2D eigenvalue weighted by molar-refractivity contribution is 5.79. The van der Waals surface area contributed by atoms with Crippen molar-refractivity contribution in [1.82, 2.24) is 0 Å². The smallest absolute Gasteiger partial charge is 0.325 e. The van der Waals surface area contributed by atoms with E-state index >= 15 is 0 Å². The standard InChI is InChI=1S/C8H17NO3/c1-4-8(2,9)7(10)12-6-5-11-3/h4-6,9H2,1-3H3. The molecular formula is C8H17NO3. The van der Waals surface area contributed by atoms with E-state index in [-0.39, 0.29) is 12.6 Å². The van der Waals surface area contributed by atoms with Crippen LogP contribution in [0.2, 0.25) is 0 Å². The summed E-state index contributed by atoms with van der Waals surface area (Å²) in [5.41, 5.74) is 4.76. The van der Waals surface area contributed by atoms with Crippen molar-refractivity contribution in [3.05, 3.63) is 0 Å². The van der Waals surface area contributed by atoms with Gasteiger partial charge in [-0.05, 0) is 13.3 Å². The molecule has 0 saturated carbocycles. The molecule has 1 unspecified atom stereocenters. The van der Waals surface area contributed by atoms with Crippen LogP contribution in [0.1, 0.15) is 20.3 Å².